The summed E-state index contributed by atoms with van der Waals surface area (Å²) in [6, 6.07) is 0. The molecule has 67 heavy (non-hydrogen) atoms. The lowest BCUT2D eigenvalue weighted by Crippen LogP contribution is -2.60. The minimum absolute atomic E-state index is 0.00503. The van der Waals surface area contributed by atoms with E-state index >= 15 is 0 Å². The second-order valence-corrected chi connectivity index (χ2v) is 20.6. The molecular formula is C51H77NO15. The summed E-state index contributed by atoms with van der Waals surface area (Å²) >= 11 is 0. The van der Waals surface area contributed by atoms with Crippen LogP contribution in [0, 0.1) is 23.7 Å². The summed E-state index contributed by atoms with van der Waals surface area (Å²) in [7, 11) is 4.98. The van der Waals surface area contributed by atoms with Gasteiger partial charge in [-0.15, -0.1) is 0 Å². The number of hydrogen-bond donors (Lipinski definition) is 3. The Hall–Kier alpha value is -2.58. The van der Waals surface area contributed by atoms with Gasteiger partial charge in [-0.2, -0.15) is 0 Å². The van der Waals surface area contributed by atoms with Crippen LogP contribution in [0.1, 0.15) is 112 Å². The second kappa shape index (κ2) is 21.4. The fourth-order valence-electron chi connectivity index (χ4n) is 12.4. The van der Waals surface area contributed by atoms with Crippen LogP contribution in [-0.2, 0) is 56.9 Å². The van der Waals surface area contributed by atoms with Gasteiger partial charge in [0.1, 0.15) is 41.6 Å². The number of esters is 1. The van der Waals surface area contributed by atoms with Crippen LogP contribution in [0.15, 0.2) is 52.3 Å². The number of ether oxygens (including phenoxy) is 11. The first-order chi connectivity index (χ1) is 32.1. The largest absolute Gasteiger partial charge is 0.462 e. The van der Waals surface area contributed by atoms with Crippen molar-refractivity contribution in [3.63, 3.8) is 0 Å². The van der Waals surface area contributed by atoms with Crippen molar-refractivity contribution in [1.82, 2.24) is 0 Å². The SMILES string of the molecule is CO[C@H]1C[C@]2(C[C@@H]3C[C@@H](C/C=C(\C)[C@@H](O[C@H]4C[C@H](OC)[C@@H](O[C@H]5C[C@H](OC)[C@@H](O)[C@H](C)O5)[C@H](C)O4)[C@@H](C)/C=C/C=C4\CO[C@@H]5/C(=N/O)C(C)=C[C@@H](C(=O)O3)[C@]45O)O2)O[C@H](C2CCCCC2)[C@H]1C. The van der Waals surface area contributed by atoms with Gasteiger partial charge in [-0.3, -0.25) is 4.79 Å². The Morgan fingerprint density at radius 2 is 1.54 bits per heavy atom. The number of fused-ring (bicyclic) bond motifs is 2. The van der Waals surface area contributed by atoms with Gasteiger partial charge in [-0.05, 0) is 69.6 Å². The molecule has 1 saturated carbocycles. The molecule has 2 bridgehead atoms. The van der Waals surface area contributed by atoms with E-state index in [1.165, 1.54) is 6.42 Å². The maximum atomic E-state index is 14.6. The van der Waals surface area contributed by atoms with Crippen molar-refractivity contribution >= 4 is 11.7 Å². The number of hydrogen-bond acceptors (Lipinski definition) is 16. The molecule has 2 aliphatic carbocycles. The molecule has 3 N–H and O–H groups in total. The topological polar surface area (TPSA) is 192 Å². The summed E-state index contributed by atoms with van der Waals surface area (Å²) in [5.74, 6) is -2.52. The first kappa shape index (κ1) is 50.8. The number of oxime groups is 1. The fourth-order valence-corrected chi connectivity index (χ4v) is 12.4. The molecular weight excluding hydrogens is 867 g/mol. The predicted octanol–water partition coefficient (Wildman–Crippen LogP) is 6.23. The quantitative estimate of drug-likeness (QED) is 0.107. The van der Waals surface area contributed by atoms with Gasteiger partial charge in [0, 0.05) is 65.3 Å². The van der Waals surface area contributed by atoms with E-state index in [0.29, 0.717) is 55.6 Å². The van der Waals surface area contributed by atoms with E-state index in [1.54, 1.807) is 47.3 Å². The molecule has 19 atom stereocenters. The van der Waals surface area contributed by atoms with Crippen molar-refractivity contribution < 1.29 is 72.3 Å². The van der Waals surface area contributed by atoms with Gasteiger partial charge in [0.2, 0.25) is 0 Å². The van der Waals surface area contributed by atoms with Gasteiger partial charge in [-0.1, -0.05) is 68.6 Å². The number of carbonyl (C=O) groups is 1. The van der Waals surface area contributed by atoms with Crippen molar-refractivity contribution in [2.75, 3.05) is 27.9 Å². The standard InChI is InChI=1S/C51H77NO15/c1-27-14-13-17-34-26-60-48-43(52-56)29(3)20-37(51(34,48)55)49(54)63-36-21-35(66-50(24-36)25-40(59-9)30(4)46(67-50)33-15-11-10-12-16-33)19-18-28(2)45(27)64-42-23-39(58-8)47(32(6)62-42)65-41-22-38(57-7)44(53)31(5)61-41/h13-14,17-18,20,27,30-33,35-42,44-48,53,55-56H,10-12,15-16,19,21-26H2,1-9H3/b14-13+,28-18+,34-17+,52-43+/t27-,30-,31-,32-,35+,36-,37-,38-,39-,40-,41-,42-,44-,45-,46-,47-,48+,50-,51+/m0/s1. The smallest absolute Gasteiger partial charge is 0.316 e. The van der Waals surface area contributed by atoms with E-state index < -0.39 is 96.9 Å². The molecule has 16 nitrogen and oxygen atoms in total. The Kier molecular flexibility index (Phi) is 16.2. The first-order valence-electron chi connectivity index (χ1n) is 24.8. The van der Waals surface area contributed by atoms with Crippen LogP contribution in [-0.4, -0.2) is 152 Å². The van der Waals surface area contributed by atoms with Crippen molar-refractivity contribution in [2.24, 2.45) is 28.8 Å². The Balaban J connectivity index is 1.10. The third-order valence-electron chi connectivity index (χ3n) is 16.2. The normalized spacial score (nSPS) is 48.4. The molecule has 5 saturated heterocycles. The molecule has 16 heteroatoms. The highest BCUT2D eigenvalue weighted by molar-refractivity contribution is 6.06. The van der Waals surface area contributed by atoms with E-state index in [-0.39, 0.29) is 36.4 Å². The zero-order chi connectivity index (χ0) is 47.8. The Morgan fingerprint density at radius 1 is 0.836 bits per heavy atom. The highest BCUT2D eigenvalue weighted by Crippen LogP contribution is 2.49. The zero-order valence-corrected chi connectivity index (χ0v) is 41.0. The molecule has 0 aromatic carbocycles. The molecule has 0 amide bonds. The predicted molar refractivity (Wildman–Crippen MR) is 244 cm³/mol. The van der Waals surface area contributed by atoms with Crippen molar-refractivity contribution in [3.05, 3.63) is 47.1 Å². The average Bonchev–Trinajstić information content (AvgIpc) is 3.65. The first-order valence-corrected chi connectivity index (χ1v) is 24.8. The zero-order valence-electron chi connectivity index (χ0n) is 41.0. The molecule has 0 unspecified atom stereocenters. The van der Waals surface area contributed by atoms with E-state index in [1.807, 2.05) is 19.1 Å². The van der Waals surface area contributed by atoms with Gasteiger partial charge in [-0.25, -0.2) is 0 Å². The number of nitrogens with zero attached hydrogens (tertiary/aromatic N) is 1. The summed E-state index contributed by atoms with van der Waals surface area (Å²) < 4.78 is 70.9. The molecule has 6 heterocycles. The lowest BCUT2D eigenvalue weighted by Gasteiger charge is -2.53. The summed E-state index contributed by atoms with van der Waals surface area (Å²) in [6.07, 6.45) is 10.5. The van der Waals surface area contributed by atoms with Crippen molar-refractivity contribution in [2.45, 2.75) is 209 Å². The Morgan fingerprint density at radius 3 is 2.25 bits per heavy atom. The molecule has 6 fully saturated rings. The summed E-state index contributed by atoms with van der Waals surface area (Å²) in [5, 5.41) is 36.9. The number of carbonyl (C=O) groups excluding carboxylic acids is 1. The maximum Gasteiger partial charge on any atom is 0.316 e. The number of aliphatic hydroxyl groups excluding tert-OH is 1. The lowest BCUT2D eigenvalue weighted by atomic mass is 9.71. The minimum atomic E-state index is -1.88. The van der Waals surface area contributed by atoms with Crippen LogP contribution in [0.25, 0.3) is 0 Å². The number of allylic oxidation sites excluding steroid dienone is 2. The van der Waals surface area contributed by atoms with Crippen LogP contribution >= 0.6 is 0 Å². The van der Waals surface area contributed by atoms with Gasteiger partial charge in [0.15, 0.2) is 18.4 Å². The molecule has 6 aliphatic heterocycles. The molecule has 8 rings (SSSR count). The van der Waals surface area contributed by atoms with E-state index in [2.05, 4.69) is 32.0 Å². The van der Waals surface area contributed by atoms with Crippen LogP contribution in [0.2, 0.25) is 0 Å². The molecule has 1 spiro atoms. The van der Waals surface area contributed by atoms with Crippen LogP contribution in [0.3, 0.4) is 0 Å². The highest BCUT2D eigenvalue weighted by Gasteiger charge is 2.60. The van der Waals surface area contributed by atoms with Gasteiger partial charge < -0.3 is 67.5 Å². The van der Waals surface area contributed by atoms with Gasteiger partial charge in [0.25, 0.3) is 0 Å². The summed E-state index contributed by atoms with van der Waals surface area (Å²) in [5.41, 5.74) is 0.209. The van der Waals surface area contributed by atoms with Crippen LogP contribution < -0.4 is 0 Å². The van der Waals surface area contributed by atoms with Gasteiger partial charge in [0.05, 0.1) is 55.4 Å². The maximum absolute atomic E-state index is 14.6. The lowest BCUT2D eigenvalue weighted by molar-refractivity contribution is -0.357. The van der Waals surface area contributed by atoms with Crippen LogP contribution in [0.5, 0.6) is 0 Å². The van der Waals surface area contributed by atoms with E-state index in [9.17, 15) is 20.2 Å². The second-order valence-electron chi connectivity index (χ2n) is 20.6. The summed E-state index contributed by atoms with van der Waals surface area (Å²) in [4.78, 5) is 14.6. The fraction of sp³-hybridized carbons (Fsp3) is 0.804. The number of methoxy groups -OCH3 is 3. The molecule has 376 valence electrons. The third-order valence-corrected chi connectivity index (χ3v) is 16.2. The Bertz CT molecular complexity index is 1880. The van der Waals surface area contributed by atoms with Crippen LogP contribution in [0.4, 0.5) is 0 Å². The number of aliphatic hydroxyl groups is 2. The number of rotatable bonds is 8. The minimum Gasteiger partial charge on any atom is -0.462 e. The molecule has 0 radical (unpaired) electrons. The van der Waals surface area contributed by atoms with Gasteiger partial charge >= 0.3 is 5.97 Å². The third kappa shape index (κ3) is 10.4. The van der Waals surface area contributed by atoms with Crippen molar-refractivity contribution in [1.29, 1.82) is 0 Å². The monoisotopic (exact) mass is 944 g/mol. The van der Waals surface area contributed by atoms with E-state index in [4.69, 9.17) is 52.1 Å². The molecule has 0 aromatic heterocycles. The Labute approximate surface area is 396 Å². The highest BCUT2D eigenvalue weighted by atomic mass is 16.7. The summed E-state index contributed by atoms with van der Waals surface area (Å²) in [6.45, 7) is 11.8. The molecule has 0 aromatic rings. The molecule has 8 aliphatic rings. The average molecular weight is 944 g/mol. The van der Waals surface area contributed by atoms with E-state index in [0.717, 1.165) is 31.3 Å². The van der Waals surface area contributed by atoms with Crippen molar-refractivity contribution in [3.8, 4) is 0 Å².